The van der Waals surface area contributed by atoms with Gasteiger partial charge in [-0.25, -0.2) is 4.98 Å². The third kappa shape index (κ3) is 2.16. The fraction of sp³-hybridized carbons (Fsp3) is 0. The van der Waals surface area contributed by atoms with Gasteiger partial charge in [-0.1, -0.05) is 29.5 Å². The van der Waals surface area contributed by atoms with E-state index >= 15 is 0 Å². The van der Waals surface area contributed by atoms with Crippen LogP contribution in [0.3, 0.4) is 0 Å². The average Bonchev–Trinajstić information content (AvgIpc) is 2.95. The van der Waals surface area contributed by atoms with Gasteiger partial charge in [-0.05, 0) is 28.1 Å². The topological polar surface area (TPSA) is 57.8 Å². The third-order valence-electron chi connectivity index (χ3n) is 2.47. The summed E-state index contributed by atoms with van der Waals surface area (Å²) >= 11 is 4.68. The van der Waals surface area contributed by atoms with Crippen LogP contribution in [0.4, 0.5) is 5.13 Å². The Bertz CT molecular complexity index is 686. The first kappa shape index (κ1) is 11.4. The summed E-state index contributed by atoms with van der Waals surface area (Å²) in [5.41, 5.74) is 1.48. The number of thiazole rings is 1. The van der Waals surface area contributed by atoms with Crippen LogP contribution in [0.1, 0.15) is 10.5 Å². The highest BCUT2D eigenvalue weighted by atomic mass is 79.9. The Balaban J connectivity index is 1.87. The number of hydrogen-bond acceptors (Lipinski definition) is 3. The molecule has 0 aliphatic heterocycles. The number of rotatable bonds is 2. The second kappa shape index (κ2) is 4.55. The molecule has 3 rings (SSSR count). The normalized spacial score (nSPS) is 10.7. The molecular formula is C12H8BrN3OS. The van der Waals surface area contributed by atoms with Gasteiger partial charge in [0.05, 0.1) is 9.98 Å². The molecule has 4 nitrogen and oxygen atoms in total. The quantitative estimate of drug-likeness (QED) is 0.757. The molecule has 0 unspecified atom stereocenters. The van der Waals surface area contributed by atoms with Crippen molar-refractivity contribution >= 4 is 49.2 Å². The summed E-state index contributed by atoms with van der Waals surface area (Å²) in [7, 11) is 0. The van der Waals surface area contributed by atoms with E-state index in [-0.39, 0.29) is 5.91 Å². The molecule has 0 spiro atoms. The highest BCUT2D eigenvalue weighted by Crippen LogP contribution is 2.24. The van der Waals surface area contributed by atoms with Crippen molar-refractivity contribution in [2.75, 3.05) is 5.32 Å². The monoisotopic (exact) mass is 321 g/mol. The number of anilines is 1. The van der Waals surface area contributed by atoms with Gasteiger partial charge in [-0.2, -0.15) is 0 Å². The zero-order chi connectivity index (χ0) is 12.5. The molecule has 0 saturated heterocycles. The number of nitrogens with zero attached hydrogens (tertiary/aromatic N) is 1. The summed E-state index contributed by atoms with van der Waals surface area (Å²) in [6.45, 7) is 0. The molecular weight excluding hydrogens is 314 g/mol. The van der Waals surface area contributed by atoms with Crippen molar-refractivity contribution < 1.29 is 4.79 Å². The Kier molecular flexibility index (Phi) is 2.89. The molecule has 0 bridgehead atoms. The minimum atomic E-state index is -0.187. The molecule has 1 aromatic carbocycles. The number of benzene rings is 1. The zero-order valence-corrected chi connectivity index (χ0v) is 11.5. The van der Waals surface area contributed by atoms with Gasteiger partial charge < -0.3 is 4.98 Å². The second-order valence-electron chi connectivity index (χ2n) is 3.69. The highest BCUT2D eigenvalue weighted by molar-refractivity contribution is 9.11. The number of amides is 1. The summed E-state index contributed by atoms with van der Waals surface area (Å²) in [5, 5.41) is 4.34. The van der Waals surface area contributed by atoms with Crippen molar-refractivity contribution in [1.82, 2.24) is 9.97 Å². The lowest BCUT2D eigenvalue weighted by molar-refractivity contribution is 0.102. The van der Waals surface area contributed by atoms with E-state index < -0.39 is 0 Å². The number of hydrogen-bond donors (Lipinski definition) is 2. The highest BCUT2D eigenvalue weighted by Gasteiger charge is 2.11. The number of halogens is 1. The number of aromatic nitrogens is 2. The lowest BCUT2D eigenvalue weighted by Crippen LogP contribution is -2.11. The molecule has 6 heteroatoms. The molecule has 3 aromatic rings. The Hall–Kier alpha value is -1.66. The SMILES string of the molecule is O=C(Nc1ncc(Br)s1)c1cc2ccccc2[nH]1. The number of nitrogens with one attached hydrogen (secondary N) is 2. The van der Waals surface area contributed by atoms with E-state index in [4.69, 9.17) is 0 Å². The molecule has 0 radical (unpaired) electrons. The lowest BCUT2D eigenvalue weighted by Gasteiger charge is -1.97. The van der Waals surface area contributed by atoms with E-state index in [1.807, 2.05) is 30.3 Å². The average molecular weight is 322 g/mol. The van der Waals surface area contributed by atoms with Crippen LogP contribution in [0.25, 0.3) is 10.9 Å². The molecule has 0 atom stereocenters. The molecule has 90 valence electrons. The third-order valence-corrected chi connectivity index (χ3v) is 3.86. The van der Waals surface area contributed by atoms with Crippen molar-refractivity contribution in [3.8, 4) is 0 Å². The number of para-hydroxylation sites is 1. The predicted octanol–water partition coefficient (Wildman–Crippen LogP) is 3.64. The standard InChI is InChI=1S/C12H8BrN3OS/c13-10-6-14-12(18-10)16-11(17)9-5-7-3-1-2-4-8(7)15-9/h1-6,15H,(H,14,16,17). The van der Waals surface area contributed by atoms with Gasteiger partial charge in [0.25, 0.3) is 5.91 Å². The first-order valence-corrected chi connectivity index (χ1v) is 6.84. The van der Waals surface area contributed by atoms with Gasteiger partial charge in [-0.3, -0.25) is 10.1 Å². The Morgan fingerprint density at radius 2 is 2.22 bits per heavy atom. The van der Waals surface area contributed by atoms with Crippen LogP contribution < -0.4 is 5.32 Å². The van der Waals surface area contributed by atoms with Crippen LogP contribution in [-0.2, 0) is 0 Å². The van der Waals surface area contributed by atoms with E-state index in [1.54, 1.807) is 6.20 Å². The molecule has 0 saturated carbocycles. The van der Waals surface area contributed by atoms with E-state index in [0.717, 1.165) is 14.7 Å². The smallest absolute Gasteiger partial charge is 0.273 e. The van der Waals surface area contributed by atoms with Gasteiger partial charge in [0, 0.05) is 10.9 Å². The lowest BCUT2D eigenvalue weighted by atomic mass is 10.2. The summed E-state index contributed by atoms with van der Waals surface area (Å²) in [4.78, 5) is 19.1. The van der Waals surface area contributed by atoms with Crippen molar-refractivity contribution in [3.63, 3.8) is 0 Å². The van der Waals surface area contributed by atoms with Crippen LogP contribution in [0.15, 0.2) is 40.3 Å². The number of H-pyrrole nitrogens is 1. The van der Waals surface area contributed by atoms with Gasteiger partial charge in [-0.15, -0.1) is 0 Å². The van der Waals surface area contributed by atoms with E-state index in [0.29, 0.717) is 10.8 Å². The predicted molar refractivity (Wildman–Crippen MR) is 76.1 cm³/mol. The fourth-order valence-corrected chi connectivity index (χ4v) is 2.77. The number of aromatic amines is 1. The summed E-state index contributed by atoms with van der Waals surface area (Å²) in [6.07, 6.45) is 1.66. The summed E-state index contributed by atoms with van der Waals surface area (Å²) in [5.74, 6) is -0.187. The first-order chi connectivity index (χ1) is 8.72. The van der Waals surface area contributed by atoms with E-state index in [2.05, 4.69) is 31.2 Å². The molecule has 2 N–H and O–H groups in total. The molecule has 0 aliphatic carbocycles. The molecule has 0 fully saturated rings. The van der Waals surface area contributed by atoms with Crippen LogP contribution in [-0.4, -0.2) is 15.9 Å². The van der Waals surface area contributed by atoms with Crippen molar-refractivity contribution in [3.05, 3.63) is 46.0 Å². The molecule has 2 aromatic heterocycles. The maximum atomic E-state index is 12.0. The van der Waals surface area contributed by atoms with Gasteiger partial charge in [0.2, 0.25) is 0 Å². The second-order valence-corrected chi connectivity index (χ2v) is 6.10. The van der Waals surface area contributed by atoms with Crippen LogP contribution >= 0.6 is 27.3 Å². The van der Waals surface area contributed by atoms with Crippen LogP contribution in [0.5, 0.6) is 0 Å². The number of carbonyl (C=O) groups is 1. The fourth-order valence-electron chi connectivity index (χ4n) is 1.67. The molecule has 2 heterocycles. The van der Waals surface area contributed by atoms with Crippen molar-refractivity contribution in [2.45, 2.75) is 0 Å². The minimum Gasteiger partial charge on any atom is -0.351 e. The van der Waals surface area contributed by atoms with E-state index in [9.17, 15) is 4.79 Å². The minimum absolute atomic E-state index is 0.187. The van der Waals surface area contributed by atoms with Crippen LogP contribution in [0, 0.1) is 0 Å². The van der Waals surface area contributed by atoms with Gasteiger partial charge in [0.15, 0.2) is 5.13 Å². The largest absolute Gasteiger partial charge is 0.351 e. The van der Waals surface area contributed by atoms with Gasteiger partial charge >= 0.3 is 0 Å². The summed E-state index contributed by atoms with van der Waals surface area (Å²) < 4.78 is 0.884. The molecule has 1 amide bonds. The number of carbonyl (C=O) groups excluding carboxylic acids is 1. The molecule has 0 aliphatic rings. The Morgan fingerprint density at radius 3 is 2.94 bits per heavy atom. The maximum absolute atomic E-state index is 12.0. The van der Waals surface area contributed by atoms with E-state index in [1.165, 1.54) is 11.3 Å². The zero-order valence-electron chi connectivity index (χ0n) is 9.11. The summed E-state index contributed by atoms with van der Waals surface area (Å²) in [6, 6.07) is 9.59. The van der Waals surface area contributed by atoms with Gasteiger partial charge in [0.1, 0.15) is 5.69 Å². The van der Waals surface area contributed by atoms with Crippen LogP contribution in [0.2, 0.25) is 0 Å². The first-order valence-electron chi connectivity index (χ1n) is 5.23. The van der Waals surface area contributed by atoms with Crippen molar-refractivity contribution in [2.24, 2.45) is 0 Å². The number of fused-ring (bicyclic) bond motifs is 1. The Labute approximate surface area is 115 Å². The molecule has 18 heavy (non-hydrogen) atoms. The Morgan fingerprint density at radius 1 is 1.39 bits per heavy atom. The maximum Gasteiger partial charge on any atom is 0.273 e. The van der Waals surface area contributed by atoms with Crippen molar-refractivity contribution in [1.29, 1.82) is 0 Å².